The number of benzene rings is 1. The van der Waals surface area contributed by atoms with Gasteiger partial charge in [-0.15, -0.1) is 11.3 Å². The second-order valence-corrected chi connectivity index (χ2v) is 5.20. The Labute approximate surface area is 105 Å². The Balaban J connectivity index is 1.77. The number of fused-ring (bicyclic) bond motifs is 1. The number of thiophene rings is 1. The summed E-state index contributed by atoms with van der Waals surface area (Å²) in [4.78, 5) is 11.4. The number of hydrogen-bond acceptors (Lipinski definition) is 3. The molecule has 1 aromatic carbocycles. The van der Waals surface area contributed by atoms with Gasteiger partial charge >= 0.3 is 0 Å². The van der Waals surface area contributed by atoms with Gasteiger partial charge in [-0.05, 0) is 43.2 Å². The van der Waals surface area contributed by atoms with E-state index in [1.54, 1.807) is 0 Å². The topological polar surface area (TPSA) is 26.3 Å². The molecule has 1 aromatic heterocycles. The number of carbonyl (C=O) groups excluding carboxylic acids is 1. The lowest BCUT2D eigenvalue weighted by molar-refractivity contribution is -0.128. The van der Waals surface area contributed by atoms with Gasteiger partial charge in [0.25, 0.3) is 6.47 Å². The normalized spacial score (nSPS) is 10.6. The Bertz CT molecular complexity index is 443. The lowest BCUT2D eigenvalue weighted by Gasteiger charge is -1.98. The molecule has 90 valence electrons. The van der Waals surface area contributed by atoms with E-state index >= 15 is 0 Å². The quantitative estimate of drug-likeness (QED) is 0.550. The monoisotopic (exact) mass is 248 g/mol. The molecule has 0 atom stereocenters. The number of ether oxygens (including phenoxy) is 1. The van der Waals surface area contributed by atoms with Crippen molar-refractivity contribution in [3.8, 4) is 0 Å². The smallest absolute Gasteiger partial charge is 0.293 e. The molecule has 0 aliphatic rings. The summed E-state index contributed by atoms with van der Waals surface area (Å²) in [5.74, 6) is 0. The van der Waals surface area contributed by atoms with E-state index < -0.39 is 0 Å². The Morgan fingerprint density at radius 3 is 2.88 bits per heavy atom. The number of hydrogen-bond donors (Lipinski definition) is 0. The summed E-state index contributed by atoms with van der Waals surface area (Å²) in [7, 11) is 0. The first kappa shape index (κ1) is 12.1. The molecule has 3 heteroatoms. The summed E-state index contributed by atoms with van der Waals surface area (Å²) >= 11 is 1.88. The minimum Gasteiger partial charge on any atom is -0.468 e. The first-order chi connectivity index (χ1) is 8.40. The van der Waals surface area contributed by atoms with Crippen LogP contribution in [0.1, 0.15) is 24.1 Å². The van der Waals surface area contributed by atoms with Gasteiger partial charge in [-0.1, -0.05) is 18.2 Å². The summed E-state index contributed by atoms with van der Waals surface area (Å²) in [6.07, 6.45) is 4.36. The van der Waals surface area contributed by atoms with E-state index in [0.29, 0.717) is 13.1 Å². The predicted octanol–water partition coefficient (Wildman–Crippen LogP) is 3.79. The van der Waals surface area contributed by atoms with E-state index in [-0.39, 0.29) is 0 Å². The van der Waals surface area contributed by atoms with Crippen LogP contribution in [0, 0.1) is 0 Å². The summed E-state index contributed by atoms with van der Waals surface area (Å²) in [5.41, 5.74) is 0. The van der Waals surface area contributed by atoms with Gasteiger partial charge in [-0.2, -0.15) is 0 Å². The molecule has 0 bridgehead atoms. The lowest BCUT2D eigenvalue weighted by atomic mass is 10.1. The largest absolute Gasteiger partial charge is 0.468 e. The van der Waals surface area contributed by atoms with Gasteiger partial charge in [-0.25, -0.2) is 0 Å². The molecule has 0 unspecified atom stereocenters. The van der Waals surface area contributed by atoms with Crippen molar-refractivity contribution in [2.75, 3.05) is 6.61 Å². The average Bonchev–Trinajstić information content (AvgIpc) is 2.76. The Morgan fingerprint density at radius 1 is 1.18 bits per heavy atom. The van der Waals surface area contributed by atoms with Gasteiger partial charge < -0.3 is 4.74 Å². The maximum Gasteiger partial charge on any atom is 0.293 e. The summed E-state index contributed by atoms with van der Waals surface area (Å²) in [6, 6.07) is 10.8. The highest BCUT2D eigenvalue weighted by Gasteiger charge is 2.00. The van der Waals surface area contributed by atoms with Crippen LogP contribution in [0.2, 0.25) is 0 Å². The van der Waals surface area contributed by atoms with Crippen LogP contribution in [-0.2, 0) is 16.0 Å². The fourth-order valence-electron chi connectivity index (χ4n) is 1.87. The van der Waals surface area contributed by atoms with Crippen molar-refractivity contribution in [1.82, 2.24) is 0 Å². The molecule has 0 fully saturated rings. The van der Waals surface area contributed by atoms with E-state index in [9.17, 15) is 4.79 Å². The number of aryl methyl sites for hydroxylation is 1. The van der Waals surface area contributed by atoms with Crippen LogP contribution >= 0.6 is 11.3 Å². The highest BCUT2D eigenvalue weighted by Crippen LogP contribution is 2.26. The zero-order chi connectivity index (χ0) is 11.9. The van der Waals surface area contributed by atoms with Crippen LogP contribution in [0.3, 0.4) is 0 Å². The second-order valence-electron chi connectivity index (χ2n) is 4.03. The van der Waals surface area contributed by atoms with Crippen LogP contribution in [0.15, 0.2) is 30.3 Å². The molecule has 2 aromatic rings. The third kappa shape index (κ3) is 3.56. The standard InChI is InChI=1S/C14H16O2S/c15-11-16-9-5-1-2-7-13-10-12-6-3-4-8-14(12)17-13/h3-4,6,8,10-11H,1-2,5,7,9H2. The minimum atomic E-state index is 0.520. The van der Waals surface area contributed by atoms with Gasteiger partial charge in [0.05, 0.1) is 6.61 Å². The molecule has 17 heavy (non-hydrogen) atoms. The van der Waals surface area contributed by atoms with Crippen LogP contribution in [0.4, 0.5) is 0 Å². The van der Waals surface area contributed by atoms with Crippen LogP contribution in [0.5, 0.6) is 0 Å². The number of rotatable bonds is 7. The summed E-state index contributed by atoms with van der Waals surface area (Å²) in [5, 5.41) is 1.34. The van der Waals surface area contributed by atoms with Crippen LogP contribution in [0.25, 0.3) is 10.1 Å². The first-order valence-corrected chi connectivity index (χ1v) is 6.74. The number of carbonyl (C=O) groups is 1. The molecular formula is C14H16O2S. The zero-order valence-electron chi connectivity index (χ0n) is 9.72. The highest BCUT2D eigenvalue weighted by atomic mass is 32.1. The zero-order valence-corrected chi connectivity index (χ0v) is 10.5. The van der Waals surface area contributed by atoms with Gasteiger partial charge in [0, 0.05) is 9.58 Å². The minimum absolute atomic E-state index is 0.520. The molecule has 0 spiro atoms. The van der Waals surface area contributed by atoms with E-state index in [2.05, 4.69) is 35.1 Å². The molecule has 1 heterocycles. The molecule has 0 saturated heterocycles. The molecule has 0 radical (unpaired) electrons. The maximum atomic E-state index is 9.94. The van der Waals surface area contributed by atoms with E-state index in [4.69, 9.17) is 0 Å². The van der Waals surface area contributed by atoms with Gasteiger partial charge in [0.15, 0.2) is 0 Å². The second kappa shape index (κ2) is 6.40. The van der Waals surface area contributed by atoms with Crippen molar-refractivity contribution in [3.63, 3.8) is 0 Å². The fraction of sp³-hybridized carbons (Fsp3) is 0.357. The molecule has 0 aliphatic heterocycles. The van der Waals surface area contributed by atoms with Gasteiger partial charge in [0.1, 0.15) is 0 Å². The molecular weight excluding hydrogens is 232 g/mol. The Kier molecular flexibility index (Phi) is 4.56. The Morgan fingerprint density at radius 2 is 2.06 bits per heavy atom. The Hall–Kier alpha value is -1.35. The molecule has 0 saturated carbocycles. The van der Waals surface area contributed by atoms with E-state index in [1.807, 2.05) is 11.3 Å². The third-order valence-corrected chi connectivity index (χ3v) is 3.91. The summed E-state index contributed by atoms with van der Waals surface area (Å²) < 4.78 is 6.02. The highest BCUT2D eigenvalue weighted by molar-refractivity contribution is 7.19. The van der Waals surface area contributed by atoms with Crippen molar-refractivity contribution >= 4 is 27.9 Å². The molecule has 0 aliphatic carbocycles. The lowest BCUT2D eigenvalue weighted by Crippen LogP contribution is -1.91. The van der Waals surface area contributed by atoms with Crippen molar-refractivity contribution in [3.05, 3.63) is 35.2 Å². The number of unbranched alkanes of at least 4 members (excludes halogenated alkanes) is 2. The van der Waals surface area contributed by atoms with Crippen LogP contribution < -0.4 is 0 Å². The predicted molar refractivity (Wildman–Crippen MR) is 71.4 cm³/mol. The average molecular weight is 248 g/mol. The molecule has 0 amide bonds. The van der Waals surface area contributed by atoms with Gasteiger partial charge in [0.2, 0.25) is 0 Å². The van der Waals surface area contributed by atoms with Crippen molar-refractivity contribution in [2.24, 2.45) is 0 Å². The first-order valence-electron chi connectivity index (χ1n) is 5.93. The van der Waals surface area contributed by atoms with Crippen molar-refractivity contribution in [1.29, 1.82) is 0 Å². The molecule has 0 N–H and O–H groups in total. The van der Waals surface area contributed by atoms with Crippen molar-refractivity contribution in [2.45, 2.75) is 25.7 Å². The third-order valence-electron chi connectivity index (χ3n) is 2.73. The SMILES string of the molecule is O=COCCCCCc1cc2ccccc2s1. The molecule has 2 nitrogen and oxygen atoms in total. The van der Waals surface area contributed by atoms with E-state index in [1.165, 1.54) is 15.0 Å². The fourth-order valence-corrected chi connectivity index (χ4v) is 2.98. The molecule has 2 rings (SSSR count). The maximum absolute atomic E-state index is 9.94. The van der Waals surface area contributed by atoms with Crippen molar-refractivity contribution < 1.29 is 9.53 Å². The van der Waals surface area contributed by atoms with E-state index in [0.717, 1.165) is 25.7 Å². The van der Waals surface area contributed by atoms with Crippen LogP contribution in [-0.4, -0.2) is 13.1 Å². The van der Waals surface area contributed by atoms with Gasteiger partial charge in [-0.3, -0.25) is 4.79 Å². The summed E-state index contributed by atoms with van der Waals surface area (Å²) in [6.45, 7) is 1.07.